The highest BCUT2D eigenvalue weighted by Gasteiger charge is 2.26. The minimum atomic E-state index is -3.64. The summed E-state index contributed by atoms with van der Waals surface area (Å²) in [5.41, 5.74) is 0.782. The number of allylic oxidation sites excluding steroid dienone is 2. The molecular weight excluding hydrogens is 290 g/mol. The summed E-state index contributed by atoms with van der Waals surface area (Å²) >= 11 is 0. The van der Waals surface area contributed by atoms with Gasteiger partial charge in [-0.25, -0.2) is 8.42 Å². The average Bonchev–Trinajstić information content (AvgIpc) is 2.91. The summed E-state index contributed by atoms with van der Waals surface area (Å²) in [5.74, 6) is -0.962. The molecule has 0 spiro atoms. The molecule has 1 N–H and O–H groups in total. The normalized spacial score (nSPS) is 14.3. The first kappa shape index (κ1) is 13.5. The van der Waals surface area contributed by atoms with Crippen LogP contribution in [-0.2, 0) is 15.6 Å². The summed E-state index contributed by atoms with van der Waals surface area (Å²) in [4.78, 5) is 25.9. The standard InChI is InChI=1S/C15H11NO4S/c17-12-6-7-13(18)15-11(12)8-14(16-15)21(19,20)9-10-4-2-1-3-5-10/h1-8,16H,9H2. The van der Waals surface area contributed by atoms with Gasteiger partial charge in [-0.1, -0.05) is 30.3 Å². The minimum Gasteiger partial charge on any atom is -0.342 e. The van der Waals surface area contributed by atoms with E-state index in [0.29, 0.717) is 5.56 Å². The van der Waals surface area contributed by atoms with E-state index >= 15 is 0 Å². The zero-order valence-electron chi connectivity index (χ0n) is 10.9. The van der Waals surface area contributed by atoms with Crippen molar-refractivity contribution < 1.29 is 18.0 Å². The molecule has 5 nitrogen and oxygen atoms in total. The van der Waals surface area contributed by atoms with Crippen molar-refractivity contribution in [3.05, 3.63) is 65.4 Å². The number of sulfone groups is 1. The number of nitrogens with one attached hydrogen (secondary N) is 1. The third-order valence-corrected chi connectivity index (χ3v) is 4.83. The maximum absolute atomic E-state index is 12.4. The molecule has 0 bridgehead atoms. The van der Waals surface area contributed by atoms with Gasteiger partial charge in [-0.2, -0.15) is 0 Å². The molecule has 0 saturated heterocycles. The molecule has 0 unspecified atom stereocenters. The quantitative estimate of drug-likeness (QED) is 0.938. The number of rotatable bonds is 3. The van der Waals surface area contributed by atoms with Crippen molar-refractivity contribution in [2.45, 2.75) is 10.8 Å². The van der Waals surface area contributed by atoms with E-state index in [4.69, 9.17) is 0 Å². The van der Waals surface area contributed by atoms with Crippen molar-refractivity contribution >= 4 is 21.4 Å². The molecule has 106 valence electrons. The Morgan fingerprint density at radius 3 is 2.29 bits per heavy atom. The summed E-state index contributed by atoms with van der Waals surface area (Å²) in [5, 5.41) is -0.109. The lowest BCUT2D eigenvalue weighted by Gasteiger charge is -2.02. The van der Waals surface area contributed by atoms with Gasteiger partial charge >= 0.3 is 0 Å². The molecule has 1 aromatic heterocycles. The van der Waals surface area contributed by atoms with Gasteiger partial charge in [0.05, 0.1) is 17.0 Å². The second-order valence-corrected chi connectivity index (χ2v) is 6.69. The summed E-state index contributed by atoms with van der Waals surface area (Å²) in [7, 11) is -3.64. The van der Waals surface area contributed by atoms with Crippen molar-refractivity contribution in [2.24, 2.45) is 0 Å². The van der Waals surface area contributed by atoms with E-state index in [-0.39, 0.29) is 27.8 Å². The third kappa shape index (κ3) is 2.45. The van der Waals surface area contributed by atoms with Gasteiger partial charge in [-0.15, -0.1) is 0 Å². The Labute approximate surface area is 121 Å². The highest BCUT2D eigenvalue weighted by Crippen LogP contribution is 2.23. The van der Waals surface area contributed by atoms with Crippen LogP contribution in [0.5, 0.6) is 0 Å². The maximum atomic E-state index is 12.4. The largest absolute Gasteiger partial charge is 0.342 e. The van der Waals surface area contributed by atoms with Crippen LogP contribution in [0.25, 0.3) is 0 Å². The topological polar surface area (TPSA) is 84.1 Å². The van der Waals surface area contributed by atoms with Crippen molar-refractivity contribution in [3.63, 3.8) is 0 Å². The SMILES string of the molecule is O=C1C=CC(=O)c2[nH]c(S(=O)(=O)Cc3ccccc3)cc21. The number of fused-ring (bicyclic) bond motifs is 1. The molecule has 0 atom stereocenters. The molecule has 2 aromatic rings. The van der Waals surface area contributed by atoms with Crippen LogP contribution in [0.3, 0.4) is 0 Å². The van der Waals surface area contributed by atoms with Crippen molar-refractivity contribution in [1.29, 1.82) is 0 Å². The second kappa shape index (κ2) is 4.82. The molecule has 0 fully saturated rings. The molecule has 1 heterocycles. The monoisotopic (exact) mass is 301 g/mol. The Kier molecular flexibility index (Phi) is 3.10. The molecule has 0 aliphatic heterocycles. The first-order valence-corrected chi connectivity index (χ1v) is 7.89. The van der Waals surface area contributed by atoms with Gasteiger partial charge < -0.3 is 4.98 Å². The summed E-state index contributed by atoms with van der Waals surface area (Å²) in [6.07, 6.45) is 2.28. The van der Waals surface area contributed by atoms with E-state index in [1.807, 2.05) is 0 Å². The Morgan fingerprint density at radius 2 is 1.62 bits per heavy atom. The second-order valence-electron chi connectivity index (χ2n) is 4.73. The van der Waals surface area contributed by atoms with Gasteiger partial charge in [0.2, 0.25) is 5.78 Å². The minimum absolute atomic E-state index is 0.0362. The summed E-state index contributed by atoms with van der Waals surface area (Å²) in [6.45, 7) is 0. The van der Waals surface area contributed by atoms with E-state index in [1.54, 1.807) is 30.3 Å². The molecule has 0 amide bonds. The van der Waals surface area contributed by atoms with Crippen LogP contribution in [0.4, 0.5) is 0 Å². The number of benzene rings is 1. The van der Waals surface area contributed by atoms with Gasteiger partial charge in [0.25, 0.3) is 0 Å². The first-order valence-electron chi connectivity index (χ1n) is 6.24. The van der Waals surface area contributed by atoms with Gasteiger partial charge in [-0.3, -0.25) is 9.59 Å². The van der Waals surface area contributed by atoms with E-state index in [2.05, 4.69) is 4.98 Å². The van der Waals surface area contributed by atoms with Crippen LogP contribution in [0.15, 0.2) is 53.6 Å². The number of H-pyrrole nitrogens is 1. The summed E-state index contributed by atoms with van der Waals surface area (Å²) in [6, 6.07) is 9.95. The number of carbonyl (C=O) groups is 2. The van der Waals surface area contributed by atoms with E-state index in [9.17, 15) is 18.0 Å². The van der Waals surface area contributed by atoms with Crippen LogP contribution in [-0.4, -0.2) is 25.0 Å². The zero-order chi connectivity index (χ0) is 15.0. The molecule has 3 rings (SSSR count). The number of carbonyl (C=O) groups excluding carboxylic acids is 2. The molecule has 21 heavy (non-hydrogen) atoms. The lowest BCUT2D eigenvalue weighted by atomic mass is 10.0. The molecule has 1 aliphatic rings. The Balaban J connectivity index is 2.00. The third-order valence-electron chi connectivity index (χ3n) is 3.23. The van der Waals surface area contributed by atoms with E-state index in [1.165, 1.54) is 6.07 Å². The Bertz CT molecular complexity index is 825. The van der Waals surface area contributed by atoms with Crippen LogP contribution < -0.4 is 0 Å². The fourth-order valence-corrected chi connectivity index (χ4v) is 3.52. The van der Waals surface area contributed by atoms with Gasteiger partial charge in [-0.05, 0) is 23.8 Å². The van der Waals surface area contributed by atoms with Gasteiger partial charge in [0, 0.05) is 0 Å². The Morgan fingerprint density at radius 1 is 0.952 bits per heavy atom. The fraction of sp³-hybridized carbons (Fsp3) is 0.0667. The van der Waals surface area contributed by atoms with Crippen molar-refractivity contribution in [2.75, 3.05) is 0 Å². The highest BCUT2D eigenvalue weighted by molar-refractivity contribution is 7.90. The number of aromatic amines is 1. The lowest BCUT2D eigenvalue weighted by Crippen LogP contribution is -2.09. The maximum Gasteiger partial charge on any atom is 0.202 e. The van der Waals surface area contributed by atoms with Gasteiger partial charge in [0.15, 0.2) is 15.6 Å². The number of ketones is 2. The molecule has 6 heteroatoms. The molecule has 1 aromatic carbocycles. The molecular formula is C15H11NO4S. The van der Waals surface area contributed by atoms with Crippen LogP contribution in [0.1, 0.15) is 26.4 Å². The van der Waals surface area contributed by atoms with Crippen LogP contribution in [0.2, 0.25) is 0 Å². The number of hydrogen-bond acceptors (Lipinski definition) is 4. The lowest BCUT2D eigenvalue weighted by molar-refractivity contribution is 0.0992. The molecule has 1 aliphatic carbocycles. The average molecular weight is 301 g/mol. The number of aromatic nitrogens is 1. The van der Waals surface area contributed by atoms with Crippen molar-refractivity contribution in [3.8, 4) is 0 Å². The Hall–Kier alpha value is -2.47. The van der Waals surface area contributed by atoms with E-state index < -0.39 is 15.6 Å². The first-order chi connectivity index (χ1) is 9.97. The number of hydrogen-bond donors (Lipinski definition) is 1. The molecule has 0 radical (unpaired) electrons. The zero-order valence-corrected chi connectivity index (χ0v) is 11.7. The predicted molar refractivity (Wildman–Crippen MR) is 75.9 cm³/mol. The highest BCUT2D eigenvalue weighted by atomic mass is 32.2. The van der Waals surface area contributed by atoms with E-state index in [0.717, 1.165) is 12.2 Å². The van der Waals surface area contributed by atoms with Crippen molar-refractivity contribution in [1.82, 2.24) is 4.98 Å². The summed E-state index contributed by atoms with van der Waals surface area (Å²) < 4.78 is 24.7. The van der Waals surface area contributed by atoms with Gasteiger partial charge in [0.1, 0.15) is 5.03 Å². The predicted octanol–water partition coefficient (Wildman–Crippen LogP) is 1.92. The molecule has 0 saturated carbocycles. The van der Waals surface area contributed by atoms with Crippen LogP contribution in [0, 0.1) is 0 Å². The smallest absolute Gasteiger partial charge is 0.202 e. The van der Waals surface area contributed by atoms with Crippen LogP contribution >= 0.6 is 0 Å². The fourth-order valence-electron chi connectivity index (χ4n) is 2.18.